The number of nitrogens with zero attached hydrogens (tertiary/aromatic N) is 4. The summed E-state index contributed by atoms with van der Waals surface area (Å²) >= 11 is 0. The highest BCUT2D eigenvalue weighted by Gasteiger charge is 2.57. The van der Waals surface area contributed by atoms with Gasteiger partial charge in [-0.2, -0.15) is 5.10 Å². The maximum atomic E-state index is 14.6. The van der Waals surface area contributed by atoms with Crippen LogP contribution in [0, 0.1) is 20.2 Å². The Morgan fingerprint density at radius 3 is 1.91 bits per heavy atom. The molecule has 1 unspecified atom stereocenters. The minimum atomic E-state index is -1.49. The second-order valence-electron chi connectivity index (χ2n) is 12.8. The van der Waals surface area contributed by atoms with Crippen LogP contribution in [0.1, 0.15) is 60.3 Å². The normalized spacial score (nSPS) is 14.9. The van der Waals surface area contributed by atoms with Gasteiger partial charge in [0, 0.05) is 52.1 Å². The van der Waals surface area contributed by atoms with Crippen LogP contribution in [-0.2, 0) is 5.54 Å². The SMILES string of the molecule is CCOc1ccc2c(c1)Oc1cc(OC(=O)c3ccccc3[N+](=O)[O-])ccc1C21c2ccccc2C(=O)N1/N=C/c1ccccc1OC(=O)c1ccccc1[N+](=O)[O-]. The van der Waals surface area contributed by atoms with E-state index in [1.807, 2.05) is 6.92 Å². The van der Waals surface area contributed by atoms with E-state index in [-0.39, 0.29) is 33.9 Å². The largest absolute Gasteiger partial charge is 0.494 e. The van der Waals surface area contributed by atoms with E-state index < -0.39 is 44.6 Å². The van der Waals surface area contributed by atoms with Gasteiger partial charge in [0.2, 0.25) is 0 Å². The monoisotopic (exact) mass is 776 g/mol. The van der Waals surface area contributed by atoms with Crippen molar-refractivity contribution >= 4 is 35.4 Å². The van der Waals surface area contributed by atoms with Gasteiger partial charge in [-0.05, 0) is 61.5 Å². The van der Waals surface area contributed by atoms with Crippen molar-refractivity contribution < 1.29 is 43.2 Å². The maximum absolute atomic E-state index is 14.6. The maximum Gasteiger partial charge on any atom is 0.350 e. The van der Waals surface area contributed by atoms with Crippen molar-refractivity contribution in [1.82, 2.24) is 5.01 Å². The molecule has 2 aliphatic heterocycles. The number of para-hydroxylation sites is 3. The molecule has 0 bridgehead atoms. The summed E-state index contributed by atoms with van der Waals surface area (Å²) in [4.78, 5) is 63.0. The highest BCUT2D eigenvalue weighted by molar-refractivity contribution is 6.03. The molecule has 0 saturated carbocycles. The van der Waals surface area contributed by atoms with Gasteiger partial charge in [-0.15, -0.1) is 0 Å². The molecule has 0 N–H and O–H groups in total. The van der Waals surface area contributed by atoms with E-state index in [9.17, 15) is 34.6 Å². The van der Waals surface area contributed by atoms with E-state index in [1.54, 1.807) is 66.7 Å². The Hall–Kier alpha value is -8.20. The Balaban J connectivity index is 1.25. The number of carbonyl (C=O) groups is 3. The second kappa shape index (κ2) is 14.8. The zero-order chi connectivity index (χ0) is 40.6. The van der Waals surface area contributed by atoms with Gasteiger partial charge < -0.3 is 18.9 Å². The number of rotatable bonds is 10. The van der Waals surface area contributed by atoms with E-state index in [4.69, 9.17) is 24.0 Å². The molecule has 6 aromatic carbocycles. The summed E-state index contributed by atoms with van der Waals surface area (Å²) in [5.74, 6) is -1.45. The summed E-state index contributed by atoms with van der Waals surface area (Å²) in [5.41, 5.74) is -0.756. The quantitative estimate of drug-likeness (QED) is 0.0428. The third kappa shape index (κ3) is 6.21. The van der Waals surface area contributed by atoms with Gasteiger partial charge in [0.1, 0.15) is 45.4 Å². The first-order chi connectivity index (χ1) is 28.1. The average molecular weight is 777 g/mol. The summed E-state index contributed by atoms with van der Waals surface area (Å²) in [6.45, 7) is 2.18. The molecular formula is C43H28N4O11. The van der Waals surface area contributed by atoms with E-state index in [2.05, 4.69) is 0 Å². The minimum Gasteiger partial charge on any atom is -0.494 e. The molecule has 15 nitrogen and oxygen atoms in total. The molecule has 286 valence electrons. The predicted octanol–water partition coefficient (Wildman–Crippen LogP) is 8.23. The van der Waals surface area contributed by atoms with Crippen LogP contribution in [0.25, 0.3) is 0 Å². The first-order valence-corrected chi connectivity index (χ1v) is 17.7. The van der Waals surface area contributed by atoms with Gasteiger partial charge in [-0.3, -0.25) is 25.0 Å². The first-order valence-electron chi connectivity index (χ1n) is 17.7. The van der Waals surface area contributed by atoms with Crippen LogP contribution < -0.4 is 18.9 Å². The molecular weight excluding hydrogens is 748 g/mol. The third-order valence-corrected chi connectivity index (χ3v) is 9.56. The fourth-order valence-electron chi connectivity index (χ4n) is 7.11. The number of hydrogen-bond donors (Lipinski definition) is 0. The van der Waals surface area contributed by atoms with Crippen LogP contribution in [0.15, 0.2) is 139 Å². The predicted molar refractivity (Wildman–Crippen MR) is 207 cm³/mol. The van der Waals surface area contributed by atoms with E-state index in [0.717, 1.165) is 0 Å². The number of hydrogen-bond acceptors (Lipinski definition) is 12. The van der Waals surface area contributed by atoms with Crippen molar-refractivity contribution in [3.63, 3.8) is 0 Å². The van der Waals surface area contributed by atoms with Crippen LogP contribution in [0.3, 0.4) is 0 Å². The summed E-state index contributed by atoms with van der Waals surface area (Å²) < 4.78 is 23.6. The van der Waals surface area contributed by atoms with Crippen LogP contribution in [-0.4, -0.2) is 45.5 Å². The second-order valence-corrected chi connectivity index (χ2v) is 12.8. The Kier molecular flexibility index (Phi) is 9.38. The van der Waals surface area contributed by atoms with Crippen molar-refractivity contribution in [3.8, 4) is 28.7 Å². The topological polar surface area (TPSA) is 190 Å². The lowest BCUT2D eigenvalue weighted by Crippen LogP contribution is -2.44. The molecule has 2 aliphatic rings. The number of benzene rings is 6. The smallest absolute Gasteiger partial charge is 0.350 e. The molecule has 0 saturated heterocycles. The molecule has 15 heteroatoms. The minimum absolute atomic E-state index is 0.00326. The standard InChI is InChI=1S/C43H28N4O11/c1-2-55-27-19-21-33-38(23-27)57-39-24-28(56-41(49)30-13-5-8-16-35(30)46(51)52)20-22-34(39)43(33)32-15-7-4-12-29(32)40(48)45(43)44-25-26-11-3-10-18-37(26)58-42(50)31-14-6-9-17-36(31)47(53)54/h3-25H,2H2,1H3/b44-25+. The number of fused-ring (bicyclic) bond motifs is 6. The number of amides is 1. The van der Waals surface area contributed by atoms with Crippen LogP contribution in [0.2, 0.25) is 0 Å². The van der Waals surface area contributed by atoms with Gasteiger partial charge in [-0.1, -0.05) is 54.6 Å². The fourth-order valence-corrected chi connectivity index (χ4v) is 7.11. The van der Waals surface area contributed by atoms with Crippen molar-refractivity contribution in [3.05, 3.63) is 193 Å². The summed E-state index contributed by atoms with van der Waals surface area (Å²) in [7, 11) is 0. The van der Waals surface area contributed by atoms with Crippen molar-refractivity contribution in [2.45, 2.75) is 12.5 Å². The highest BCUT2D eigenvalue weighted by atomic mass is 16.6. The molecule has 58 heavy (non-hydrogen) atoms. The zero-order valence-electron chi connectivity index (χ0n) is 30.3. The lowest BCUT2D eigenvalue weighted by molar-refractivity contribution is -0.385. The molecule has 1 amide bonds. The molecule has 1 atom stereocenters. The summed E-state index contributed by atoms with van der Waals surface area (Å²) in [6.07, 6.45) is 1.35. The Morgan fingerprint density at radius 2 is 1.26 bits per heavy atom. The highest BCUT2D eigenvalue weighted by Crippen LogP contribution is 2.58. The number of carbonyl (C=O) groups excluding carboxylic acids is 3. The zero-order valence-corrected chi connectivity index (χ0v) is 30.3. The van der Waals surface area contributed by atoms with Crippen molar-refractivity contribution in [1.29, 1.82) is 0 Å². The Labute approximate surface area is 328 Å². The van der Waals surface area contributed by atoms with E-state index in [0.29, 0.717) is 40.4 Å². The molecule has 6 aromatic rings. The molecule has 1 spiro atoms. The van der Waals surface area contributed by atoms with Gasteiger partial charge in [-0.25, -0.2) is 14.6 Å². The average Bonchev–Trinajstić information content (AvgIpc) is 3.47. The summed E-state index contributed by atoms with van der Waals surface area (Å²) in [5, 5.41) is 29.3. The number of nitro benzene ring substituents is 2. The number of esters is 2. The van der Waals surface area contributed by atoms with E-state index in [1.165, 1.54) is 78.0 Å². The van der Waals surface area contributed by atoms with Crippen LogP contribution >= 0.6 is 0 Å². The fraction of sp³-hybridized carbons (Fsp3) is 0.0698. The Morgan fingerprint density at radius 1 is 0.707 bits per heavy atom. The van der Waals surface area contributed by atoms with Gasteiger partial charge in [0.15, 0.2) is 0 Å². The molecule has 0 aliphatic carbocycles. The van der Waals surface area contributed by atoms with Crippen LogP contribution in [0.4, 0.5) is 11.4 Å². The van der Waals surface area contributed by atoms with Crippen molar-refractivity contribution in [2.24, 2.45) is 5.10 Å². The molecule has 0 fully saturated rings. The molecule has 0 aromatic heterocycles. The third-order valence-electron chi connectivity index (χ3n) is 9.56. The molecule has 8 rings (SSSR count). The van der Waals surface area contributed by atoms with Crippen molar-refractivity contribution in [2.75, 3.05) is 6.61 Å². The lowest BCUT2D eigenvalue weighted by Gasteiger charge is -2.41. The number of ether oxygens (including phenoxy) is 4. The summed E-state index contributed by atoms with van der Waals surface area (Å²) in [6, 6.07) is 33.9. The molecule has 2 heterocycles. The van der Waals surface area contributed by atoms with Gasteiger partial charge >= 0.3 is 11.9 Å². The number of nitro groups is 2. The first kappa shape index (κ1) is 36.8. The van der Waals surface area contributed by atoms with Gasteiger partial charge in [0.05, 0.1) is 22.7 Å². The van der Waals surface area contributed by atoms with Gasteiger partial charge in [0.25, 0.3) is 17.3 Å². The van der Waals surface area contributed by atoms with Crippen LogP contribution in [0.5, 0.6) is 28.7 Å². The molecule has 0 radical (unpaired) electrons. The number of hydrazone groups is 1. The van der Waals surface area contributed by atoms with E-state index >= 15 is 0 Å². The Bertz CT molecular complexity index is 2730. The lowest BCUT2D eigenvalue weighted by atomic mass is 9.75.